The number of thioether (sulfide) groups is 1. The maximum atomic E-state index is 13.0. The van der Waals surface area contributed by atoms with Gasteiger partial charge in [-0.25, -0.2) is 4.98 Å². The van der Waals surface area contributed by atoms with Crippen LogP contribution in [-0.2, 0) is 18.7 Å². The predicted octanol–water partition coefficient (Wildman–Crippen LogP) is 2.69. The monoisotopic (exact) mass is 428 g/mol. The lowest BCUT2D eigenvalue weighted by molar-refractivity contribution is 0.0787. The van der Waals surface area contributed by atoms with Crippen molar-refractivity contribution >= 4 is 45.0 Å². The summed E-state index contributed by atoms with van der Waals surface area (Å²) in [6, 6.07) is 1.59. The van der Waals surface area contributed by atoms with Crippen LogP contribution in [0.2, 0.25) is 0 Å². The number of aromatic amines is 1. The summed E-state index contributed by atoms with van der Waals surface area (Å²) in [6.45, 7) is 1.42. The molecular weight excluding hydrogens is 408 g/mol. The Morgan fingerprint density at radius 2 is 2.07 bits per heavy atom. The summed E-state index contributed by atoms with van der Waals surface area (Å²) < 4.78 is 1.38. The Labute approximate surface area is 175 Å². The van der Waals surface area contributed by atoms with Gasteiger partial charge in [0.05, 0.1) is 18.3 Å². The molecule has 0 atom stereocenters. The molecule has 1 saturated heterocycles. The van der Waals surface area contributed by atoms with Gasteiger partial charge in [0.2, 0.25) is 0 Å². The third kappa shape index (κ3) is 3.32. The highest BCUT2D eigenvalue weighted by Crippen LogP contribution is 2.35. The summed E-state index contributed by atoms with van der Waals surface area (Å²) in [5.74, 6) is 1.63. The summed E-state index contributed by atoms with van der Waals surface area (Å²) in [7, 11) is 0. The van der Waals surface area contributed by atoms with Gasteiger partial charge in [0, 0.05) is 35.5 Å². The molecule has 0 saturated carbocycles. The third-order valence-corrected chi connectivity index (χ3v) is 7.84. The molecule has 5 heterocycles. The van der Waals surface area contributed by atoms with Crippen LogP contribution in [-0.4, -0.2) is 50.0 Å². The van der Waals surface area contributed by atoms with Crippen LogP contribution in [0.25, 0.3) is 10.2 Å². The van der Waals surface area contributed by atoms with Crippen molar-refractivity contribution < 1.29 is 9.59 Å². The molecule has 5 rings (SSSR count). The number of aromatic nitrogens is 3. The zero-order chi connectivity index (χ0) is 20.0. The molecule has 0 spiro atoms. The number of carbonyl (C=O) groups excluding carboxylic acids is 2. The van der Waals surface area contributed by atoms with Crippen LogP contribution in [0.3, 0.4) is 0 Å². The molecule has 0 aliphatic carbocycles. The van der Waals surface area contributed by atoms with E-state index in [1.165, 1.54) is 15.8 Å². The molecule has 7 nitrogen and oxygen atoms in total. The molecule has 1 amide bonds. The van der Waals surface area contributed by atoms with Crippen molar-refractivity contribution in [2.75, 3.05) is 18.8 Å². The van der Waals surface area contributed by atoms with Crippen LogP contribution >= 0.6 is 23.1 Å². The van der Waals surface area contributed by atoms with E-state index >= 15 is 0 Å². The SMILES string of the molecule is O=C(Cn1cnc2sc3c(c2c1=O)CCSC3)c1c[nH]c(C(=O)N2CCCC2)c1. The molecule has 150 valence electrons. The minimum atomic E-state index is -0.218. The molecule has 29 heavy (non-hydrogen) atoms. The number of fused-ring (bicyclic) bond motifs is 3. The molecule has 0 bridgehead atoms. The van der Waals surface area contributed by atoms with E-state index in [2.05, 4.69) is 9.97 Å². The maximum Gasteiger partial charge on any atom is 0.270 e. The van der Waals surface area contributed by atoms with E-state index in [1.54, 1.807) is 28.5 Å². The van der Waals surface area contributed by atoms with Crippen molar-refractivity contribution in [2.24, 2.45) is 0 Å². The summed E-state index contributed by atoms with van der Waals surface area (Å²) in [4.78, 5) is 49.4. The van der Waals surface area contributed by atoms with Crippen LogP contribution in [0.5, 0.6) is 0 Å². The minimum Gasteiger partial charge on any atom is -0.356 e. The first-order valence-corrected chi connectivity index (χ1v) is 11.7. The number of likely N-dealkylation sites (tertiary alicyclic amines) is 1. The van der Waals surface area contributed by atoms with Crippen molar-refractivity contribution in [1.82, 2.24) is 19.4 Å². The van der Waals surface area contributed by atoms with Gasteiger partial charge in [-0.05, 0) is 36.6 Å². The molecular formula is C20H20N4O3S2. The number of amides is 1. The van der Waals surface area contributed by atoms with Crippen molar-refractivity contribution in [1.29, 1.82) is 0 Å². The number of carbonyl (C=O) groups is 2. The number of rotatable bonds is 4. The molecule has 0 unspecified atom stereocenters. The van der Waals surface area contributed by atoms with Gasteiger partial charge in [0.15, 0.2) is 5.78 Å². The zero-order valence-corrected chi connectivity index (χ0v) is 17.4. The first kappa shape index (κ1) is 18.6. The van der Waals surface area contributed by atoms with Crippen LogP contribution in [0, 0.1) is 0 Å². The average Bonchev–Trinajstić information content (AvgIpc) is 3.48. The number of ketones is 1. The van der Waals surface area contributed by atoms with Gasteiger partial charge >= 0.3 is 0 Å². The van der Waals surface area contributed by atoms with E-state index in [9.17, 15) is 14.4 Å². The highest BCUT2D eigenvalue weighted by Gasteiger charge is 2.23. The van der Waals surface area contributed by atoms with Gasteiger partial charge < -0.3 is 9.88 Å². The van der Waals surface area contributed by atoms with E-state index in [-0.39, 0.29) is 23.8 Å². The number of thiophene rings is 1. The minimum absolute atomic E-state index is 0.0791. The van der Waals surface area contributed by atoms with Gasteiger partial charge in [0.25, 0.3) is 11.5 Å². The van der Waals surface area contributed by atoms with Crippen molar-refractivity contribution in [3.8, 4) is 0 Å². The Morgan fingerprint density at radius 3 is 2.90 bits per heavy atom. The maximum absolute atomic E-state index is 13.0. The Balaban J connectivity index is 1.40. The summed E-state index contributed by atoms with van der Waals surface area (Å²) in [6.07, 6.45) is 5.91. The number of nitrogens with zero attached hydrogens (tertiary/aromatic N) is 3. The lowest BCUT2D eigenvalue weighted by Crippen LogP contribution is -2.27. The summed E-state index contributed by atoms with van der Waals surface area (Å²) in [5.41, 5.74) is 1.77. The Morgan fingerprint density at radius 1 is 1.24 bits per heavy atom. The largest absolute Gasteiger partial charge is 0.356 e. The van der Waals surface area contributed by atoms with Crippen LogP contribution < -0.4 is 5.56 Å². The lowest BCUT2D eigenvalue weighted by Gasteiger charge is -2.13. The highest BCUT2D eigenvalue weighted by atomic mass is 32.2. The standard InChI is InChI=1S/C20H20N4O3S2/c25-15(12-7-14(21-8-12)19(26)23-4-1-2-5-23)9-24-11-22-18-17(20(24)27)13-3-6-28-10-16(13)29-18/h7-8,11,21H,1-6,9-10H2. The van der Waals surface area contributed by atoms with E-state index < -0.39 is 0 Å². The average molecular weight is 429 g/mol. The number of hydrogen-bond donors (Lipinski definition) is 1. The quantitative estimate of drug-likeness (QED) is 0.646. The number of Topliss-reactive ketones (excluding diaryl/α,β-unsaturated/α-hetero) is 1. The second-order valence-corrected chi connectivity index (χ2v) is 9.58. The Kier molecular flexibility index (Phi) is 4.79. The Bertz CT molecular complexity index is 1170. The molecule has 1 N–H and O–H groups in total. The molecule has 1 fully saturated rings. The van der Waals surface area contributed by atoms with Gasteiger partial charge in [-0.3, -0.25) is 19.0 Å². The summed E-state index contributed by atoms with van der Waals surface area (Å²) >= 11 is 3.45. The van der Waals surface area contributed by atoms with Gasteiger partial charge in [-0.15, -0.1) is 11.3 Å². The molecule has 3 aromatic rings. The van der Waals surface area contributed by atoms with Crippen LogP contribution in [0.4, 0.5) is 0 Å². The smallest absolute Gasteiger partial charge is 0.270 e. The fourth-order valence-electron chi connectivity index (χ4n) is 3.98. The summed E-state index contributed by atoms with van der Waals surface area (Å²) in [5, 5.41) is 0.666. The van der Waals surface area contributed by atoms with Crippen molar-refractivity contribution in [2.45, 2.75) is 31.6 Å². The second kappa shape index (κ2) is 7.46. The zero-order valence-electron chi connectivity index (χ0n) is 15.8. The fraction of sp³-hybridized carbons (Fsp3) is 0.400. The highest BCUT2D eigenvalue weighted by molar-refractivity contribution is 7.98. The molecule has 3 aromatic heterocycles. The van der Waals surface area contributed by atoms with Gasteiger partial charge in [0.1, 0.15) is 10.5 Å². The third-order valence-electron chi connectivity index (χ3n) is 5.53. The number of nitrogens with one attached hydrogen (secondary N) is 1. The van der Waals surface area contributed by atoms with Crippen molar-refractivity contribution in [3.63, 3.8) is 0 Å². The topological polar surface area (TPSA) is 88.1 Å². The van der Waals surface area contributed by atoms with E-state index in [0.717, 1.165) is 54.3 Å². The van der Waals surface area contributed by atoms with E-state index in [1.807, 2.05) is 11.8 Å². The first-order valence-electron chi connectivity index (χ1n) is 9.70. The van der Waals surface area contributed by atoms with E-state index in [0.29, 0.717) is 16.6 Å². The number of hydrogen-bond acceptors (Lipinski definition) is 6. The van der Waals surface area contributed by atoms with Crippen LogP contribution in [0.15, 0.2) is 23.4 Å². The Hall–Kier alpha value is -2.39. The lowest BCUT2D eigenvalue weighted by atomic mass is 10.1. The van der Waals surface area contributed by atoms with Gasteiger partial charge in [-0.2, -0.15) is 11.8 Å². The second-order valence-electron chi connectivity index (χ2n) is 7.39. The molecule has 9 heteroatoms. The number of aryl methyl sites for hydroxylation is 1. The number of H-pyrrole nitrogens is 1. The normalized spacial score (nSPS) is 16.3. The molecule has 2 aliphatic heterocycles. The fourth-order valence-corrected chi connectivity index (χ4v) is 6.29. The van der Waals surface area contributed by atoms with E-state index in [4.69, 9.17) is 0 Å². The van der Waals surface area contributed by atoms with Gasteiger partial charge in [-0.1, -0.05) is 0 Å². The predicted molar refractivity (Wildman–Crippen MR) is 114 cm³/mol. The molecule has 2 aliphatic rings. The first-order chi connectivity index (χ1) is 14.1. The molecule has 0 radical (unpaired) electrons. The van der Waals surface area contributed by atoms with Crippen LogP contribution in [0.1, 0.15) is 44.1 Å². The molecule has 0 aromatic carbocycles. The van der Waals surface area contributed by atoms with Crippen molar-refractivity contribution in [3.05, 3.63) is 50.6 Å².